The number of hydrogen-bond donors (Lipinski definition) is 2. The Balaban J connectivity index is 1.76. The van der Waals surface area contributed by atoms with Crippen LogP contribution in [0, 0.1) is 6.92 Å². The van der Waals surface area contributed by atoms with Gasteiger partial charge in [0, 0.05) is 13.0 Å². The molecule has 7 nitrogen and oxygen atoms in total. The number of carboxylic acids is 1. The molecule has 0 aromatic heterocycles. The fraction of sp³-hybridized carbons (Fsp3) is 0.333. The SMILES string of the molecule is Cc1ccc(S(=O)(=O)N2CCCC2C(=O)NC(Cc2ccccc2)C(=O)O)cc1. The molecule has 1 fully saturated rings. The number of hydrogen-bond acceptors (Lipinski definition) is 4. The predicted octanol–water partition coefficient (Wildman–Crippen LogP) is 1.96. The highest BCUT2D eigenvalue weighted by molar-refractivity contribution is 7.89. The summed E-state index contributed by atoms with van der Waals surface area (Å²) in [6, 6.07) is 13.4. The second-order valence-corrected chi connectivity index (χ2v) is 9.07. The number of sulfonamides is 1. The van der Waals surface area contributed by atoms with Crippen LogP contribution in [0.3, 0.4) is 0 Å². The Morgan fingerprint density at radius 2 is 1.79 bits per heavy atom. The van der Waals surface area contributed by atoms with Gasteiger partial charge in [-0.05, 0) is 37.5 Å². The predicted molar refractivity (Wildman–Crippen MR) is 108 cm³/mol. The maximum atomic E-state index is 13.0. The number of nitrogens with zero attached hydrogens (tertiary/aromatic N) is 1. The Labute approximate surface area is 170 Å². The van der Waals surface area contributed by atoms with Crippen molar-refractivity contribution in [1.29, 1.82) is 0 Å². The van der Waals surface area contributed by atoms with Crippen LogP contribution in [0.2, 0.25) is 0 Å². The first-order valence-corrected chi connectivity index (χ1v) is 10.9. The van der Waals surface area contributed by atoms with E-state index in [0.717, 1.165) is 11.1 Å². The fourth-order valence-electron chi connectivity index (χ4n) is 3.45. The molecule has 2 N–H and O–H groups in total. The number of nitrogens with one attached hydrogen (secondary N) is 1. The van der Waals surface area contributed by atoms with Gasteiger partial charge in [0.25, 0.3) is 0 Å². The van der Waals surface area contributed by atoms with Crippen molar-refractivity contribution in [2.75, 3.05) is 6.54 Å². The number of carbonyl (C=O) groups is 2. The van der Waals surface area contributed by atoms with Crippen molar-refractivity contribution in [2.45, 2.75) is 43.2 Å². The molecule has 0 saturated carbocycles. The van der Waals surface area contributed by atoms with Crippen LogP contribution in [0.1, 0.15) is 24.0 Å². The van der Waals surface area contributed by atoms with Crippen molar-refractivity contribution in [1.82, 2.24) is 9.62 Å². The van der Waals surface area contributed by atoms with Crippen molar-refractivity contribution < 1.29 is 23.1 Å². The van der Waals surface area contributed by atoms with Crippen molar-refractivity contribution in [3.05, 3.63) is 65.7 Å². The van der Waals surface area contributed by atoms with Gasteiger partial charge in [-0.15, -0.1) is 0 Å². The molecule has 8 heteroatoms. The number of rotatable bonds is 7. The van der Waals surface area contributed by atoms with Gasteiger partial charge in [0.05, 0.1) is 4.90 Å². The molecule has 2 unspecified atom stereocenters. The molecule has 154 valence electrons. The molecule has 1 aliphatic heterocycles. The lowest BCUT2D eigenvalue weighted by Crippen LogP contribution is -2.51. The van der Waals surface area contributed by atoms with E-state index in [4.69, 9.17) is 0 Å². The highest BCUT2D eigenvalue weighted by Gasteiger charge is 2.40. The maximum Gasteiger partial charge on any atom is 0.326 e. The Kier molecular flexibility index (Phi) is 6.34. The van der Waals surface area contributed by atoms with Crippen LogP contribution in [0.4, 0.5) is 0 Å². The number of carboxylic acid groups (broad SMARTS) is 1. The lowest BCUT2D eigenvalue weighted by molar-refractivity contribution is -0.142. The summed E-state index contributed by atoms with van der Waals surface area (Å²) in [5, 5.41) is 12.0. The van der Waals surface area contributed by atoms with E-state index in [1.807, 2.05) is 13.0 Å². The first-order chi connectivity index (χ1) is 13.8. The Hall–Kier alpha value is -2.71. The van der Waals surface area contributed by atoms with Gasteiger partial charge < -0.3 is 10.4 Å². The summed E-state index contributed by atoms with van der Waals surface area (Å²) < 4.78 is 27.2. The molecule has 2 atom stereocenters. The quantitative estimate of drug-likeness (QED) is 0.718. The molecule has 3 rings (SSSR count). The Bertz CT molecular complexity index is 974. The van der Waals surface area contributed by atoms with Crippen LogP contribution in [0.15, 0.2) is 59.5 Å². The van der Waals surface area contributed by atoms with E-state index in [2.05, 4.69) is 5.32 Å². The van der Waals surface area contributed by atoms with Gasteiger partial charge in [0.1, 0.15) is 12.1 Å². The monoisotopic (exact) mass is 416 g/mol. The molecular formula is C21H24N2O5S. The van der Waals surface area contributed by atoms with Crippen molar-refractivity contribution in [3.63, 3.8) is 0 Å². The molecule has 0 radical (unpaired) electrons. The average Bonchev–Trinajstić information content (AvgIpc) is 3.19. The highest BCUT2D eigenvalue weighted by Crippen LogP contribution is 2.26. The summed E-state index contributed by atoms with van der Waals surface area (Å²) >= 11 is 0. The first-order valence-electron chi connectivity index (χ1n) is 9.44. The largest absolute Gasteiger partial charge is 0.480 e. The van der Waals surface area contributed by atoms with Gasteiger partial charge in [-0.1, -0.05) is 48.0 Å². The summed E-state index contributed by atoms with van der Waals surface area (Å²) in [5.41, 5.74) is 1.71. The van der Waals surface area contributed by atoms with Gasteiger partial charge in [-0.3, -0.25) is 4.79 Å². The minimum atomic E-state index is -3.84. The van der Waals surface area contributed by atoms with E-state index in [1.54, 1.807) is 36.4 Å². The van der Waals surface area contributed by atoms with E-state index >= 15 is 0 Å². The average molecular weight is 416 g/mol. The van der Waals surface area contributed by atoms with Crippen LogP contribution in [0.25, 0.3) is 0 Å². The van der Waals surface area contributed by atoms with E-state index in [9.17, 15) is 23.1 Å². The topological polar surface area (TPSA) is 104 Å². The van der Waals surface area contributed by atoms with Crippen molar-refractivity contribution in [2.24, 2.45) is 0 Å². The van der Waals surface area contributed by atoms with E-state index in [-0.39, 0.29) is 17.9 Å². The molecule has 29 heavy (non-hydrogen) atoms. The zero-order valence-electron chi connectivity index (χ0n) is 16.1. The zero-order chi connectivity index (χ0) is 21.0. The summed E-state index contributed by atoms with van der Waals surface area (Å²) in [5.74, 6) is -1.74. The lowest BCUT2D eigenvalue weighted by Gasteiger charge is -2.25. The summed E-state index contributed by atoms with van der Waals surface area (Å²) in [7, 11) is -3.84. The van der Waals surface area contributed by atoms with E-state index < -0.39 is 34.0 Å². The van der Waals surface area contributed by atoms with Crippen molar-refractivity contribution >= 4 is 21.9 Å². The summed E-state index contributed by atoms with van der Waals surface area (Å²) in [6.45, 7) is 2.09. The minimum absolute atomic E-state index is 0.124. The minimum Gasteiger partial charge on any atom is -0.480 e. The first kappa shape index (κ1) is 21.0. The van der Waals surface area contributed by atoms with E-state index in [0.29, 0.717) is 12.8 Å². The number of aryl methyl sites for hydroxylation is 1. The normalized spacial score (nSPS) is 18.3. The molecule has 2 aromatic rings. The third kappa shape index (κ3) is 4.83. The van der Waals surface area contributed by atoms with Crippen molar-refractivity contribution in [3.8, 4) is 0 Å². The van der Waals surface area contributed by atoms with Gasteiger partial charge in [-0.2, -0.15) is 4.31 Å². The van der Waals surface area contributed by atoms with Gasteiger partial charge in [0.15, 0.2) is 0 Å². The molecule has 2 aromatic carbocycles. The zero-order valence-corrected chi connectivity index (χ0v) is 16.9. The molecular weight excluding hydrogens is 392 g/mol. The number of aliphatic carboxylic acids is 1. The van der Waals surface area contributed by atoms with Crippen LogP contribution in [-0.2, 0) is 26.0 Å². The third-order valence-corrected chi connectivity index (χ3v) is 6.95. The molecule has 1 saturated heterocycles. The molecule has 0 aliphatic carbocycles. The summed E-state index contributed by atoms with van der Waals surface area (Å²) in [4.78, 5) is 24.6. The van der Waals surface area contributed by atoms with Gasteiger partial charge in [0.2, 0.25) is 15.9 Å². The molecule has 0 spiro atoms. The smallest absolute Gasteiger partial charge is 0.326 e. The van der Waals surface area contributed by atoms with Crippen LogP contribution < -0.4 is 5.32 Å². The molecule has 1 amide bonds. The Morgan fingerprint density at radius 3 is 2.41 bits per heavy atom. The number of carbonyl (C=O) groups excluding carboxylic acids is 1. The number of amides is 1. The fourth-order valence-corrected chi connectivity index (χ4v) is 5.11. The van der Waals surface area contributed by atoms with Gasteiger partial charge in [-0.25, -0.2) is 13.2 Å². The second-order valence-electron chi connectivity index (χ2n) is 7.18. The van der Waals surface area contributed by atoms with Crippen LogP contribution in [0.5, 0.6) is 0 Å². The van der Waals surface area contributed by atoms with Crippen LogP contribution in [-0.4, -0.2) is 48.3 Å². The Morgan fingerprint density at radius 1 is 1.14 bits per heavy atom. The van der Waals surface area contributed by atoms with E-state index in [1.165, 1.54) is 16.4 Å². The highest BCUT2D eigenvalue weighted by atomic mass is 32.2. The third-order valence-electron chi connectivity index (χ3n) is 5.03. The second kappa shape index (κ2) is 8.75. The molecule has 1 heterocycles. The number of benzene rings is 2. The molecule has 1 aliphatic rings. The standard InChI is InChI=1S/C21H24N2O5S/c1-15-9-11-17(12-10-15)29(27,28)23-13-5-8-19(23)20(24)22-18(21(25)26)14-16-6-3-2-4-7-16/h2-4,6-7,9-12,18-19H,5,8,13-14H2,1H3,(H,22,24)(H,25,26). The van der Waals surface area contributed by atoms with Crippen LogP contribution >= 0.6 is 0 Å². The van der Waals surface area contributed by atoms with Gasteiger partial charge >= 0.3 is 5.97 Å². The summed E-state index contributed by atoms with van der Waals surface area (Å²) in [6.07, 6.45) is 1.02. The molecule has 0 bridgehead atoms. The maximum absolute atomic E-state index is 13.0. The lowest BCUT2D eigenvalue weighted by atomic mass is 10.1.